The highest BCUT2D eigenvalue weighted by molar-refractivity contribution is 7.90. The Morgan fingerprint density at radius 3 is 2.67 bits per heavy atom. The highest BCUT2D eigenvalue weighted by atomic mass is 32.2. The number of benzene rings is 1. The van der Waals surface area contributed by atoms with E-state index in [0.29, 0.717) is 11.0 Å². The van der Waals surface area contributed by atoms with Gasteiger partial charge in [-0.3, -0.25) is 9.78 Å². The molecule has 1 aromatic carbocycles. The number of H-pyrrole nitrogens is 1. The molecule has 8 nitrogen and oxygen atoms in total. The molecule has 0 fully saturated rings. The van der Waals surface area contributed by atoms with E-state index in [4.69, 9.17) is 0 Å². The number of sulfonamides is 1. The van der Waals surface area contributed by atoms with Crippen LogP contribution >= 0.6 is 0 Å². The molecule has 1 amide bonds. The van der Waals surface area contributed by atoms with Crippen LogP contribution in [0, 0.1) is 0 Å². The Bertz CT molecular complexity index is 905. The molecule has 106 valence electrons. The monoisotopic (exact) mass is 303 g/mol. The number of carbonyl (C=O) groups excluding carboxylic acids is 1. The number of hydrogen-bond acceptors (Lipinski definition) is 6. The van der Waals surface area contributed by atoms with Crippen LogP contribution in [0.5, 0.6) is 0 Å². The zero-order chi connectivity index (χ0) is 14.9. The third kappa shape index (κ3) is 2.58. The Morgan fingerprint density at radius 2 is 1.90 bits per heavy atom. The molecule has 0 radical (unpaired) electrons. The van der Waals surface area contributed by atoms with Crippen LogP contribution < -0.4 is 4.72 Å². The maximum Gasteiger partial charge on any atom is 0.283 e. The average Bonchev–Trinajstić information content (AvgIpc) is 2.95. The van der Waals surface area contributed by atoms with E-state index < -0.39 is 15.9 Å². The Morgan fingerprint density at radius 1 is 1.10 bits per heavy atom. The summed E-state index contributed by atoms with van der Waals surface area (Å²) in [6, 6.07) is 8.82. The Labute approximate surface area is 119 Å². The number of carbonyl (C=O) groups is 1. The van der Waals surface area contributed by atoms with Gasteiger partial charge in [-0.2, -0.15) is 15.4 Å². The molecule has 2 aromatic heterocycles. The van der Waals surface area contributed by atoms with Crippen LogP contribution in [-0.2, 0) is 10.0 Å². The highest BCUT2D eigenvalue weighted by Crippen LogP contribution is 2.15. The molecule has 2 heterocycles. The van der Waals surface area contributed by atoms with Crippen molar-refractivity contribution in [2.75, 3.05) is 0 Å². The second kappa shape index (κ2) is 4.94. The Balaban J connectivity index is 1.91. The van der Waals surface area contributed by atoms with Crippen molar-refractivity contribution in [3.05, 3.63) is 48.3 Å². The van der Waals surface area contributed by atoms with Gasteiger partial charge in [0.1, 0.15) is 16.7 Å². The lowest BCUT2D eigenvalue weighted by molar-refractivity contribution is 0.0976. The van der Waals surface area contributed by atoms with Crippen molar-refractivity contribution in [2.45, 2.75) is 4.90 Å². The van der Waals surface area contributed by atoms with Crippen LogP contribution in [0.25, 0.3) is 11.0 Å². The largest absolute Gasteiger partial charge is 0.283 e. The lowest BCUT2D eigenvalue weighted by Crippen LogP contribution is -2.31. The minimum absolute atomic E-state index is 0.0172. The van der Waals surface area contributed by atoms with Crippen molar-refractivity contribution in [2.24, 2.45) is 0 Å². The van der Waals surface area contributed by atoms with Gasteiger partial charge in [0.15, 0.2) is 0 Å². The molecule has 9 heteroatoms. The van der Waals surface area contributed by atoms with E-state index in [1.165, 1.54) is 30.5 Å². The number of nitrogens with zero attached hydrogens (tertiary/aromatic N) is 3. The second-order valence-electron chi connectivity index (χ2n) is 4.12. The number of amides is 1. The van der Waals surface area contributed by atoms with Crippen LogP contribution in [0.15, 0.2) is 47.5 Å². The number of hydrogen-bond donors (Lipinski definition) is 2. The number of nitrogens with one attached hydrogen (secondary N) is 2. The van der Waals surface area contributed by atoms with E-state index in [2.05, 4.69) is 20.4 Å². The molecule has 0 unspecified atom stereocenters. The molecule has 0 aliphatic carbocycles. The average molecular weight is 303 g/mol. The molecule has 3 aromatic rings. The first kappa shape index (κ1) is 13.2. The molecule has 0 spiro atoms. The summed E-state index contributed by atoms with van der Waals surface area (Å²) in [5, 5.41) is 10.0. The predicted octanol–water partition coefficient (Wildman–Crippen LogP) is 0.472. The first-order chi connectivity index (χ1) is 10.1. The fraction of sp³-hybridized carbons (Fsp3) is 0. The minimum Gasteiger partial charge on any atom is -0.266 e. The van der Waals surface area contributed by atoms with Crippen LogP contribution in [0.3, 0.4) is 0 Å². The van der Waals surface area contributed by atoms with Gasteiger partial charge in [-0.1, -0.05) is 6.07 Å². The van der Waals surface area contributed by atoms with Gasteiger partial charge < -0.3 is 0 Å². The molecule has 0 aliphatic rings. The predicted molar refractivity (Wildman–Crippen MR) is 72.8 cm³/mol. The highest BCUT2D eigenvalue weighted by Gasteiger charge is 2.20. The molecule has 0 bridgehead atoms. The summed E-state index contributed by atoms with van der Waals surface area (Å²) in [7, 11) is -4.00. The normalized spacial score (nSPS) is 11.4. The molecule has 0 saturated carbocycles. The summed E-state index contributed by atoms with van der Waals surface area (Å²) >= 11 is 0. The molecule has 2 N–H and O–H groups in total. The van der Waals surface area contributed by atoms with Crippen molar-refractivity contribution in [3.63, 3.8) is 0 Å². The fourth-order valence-corrected chi connectivity index (χ4v) is 2.70. The van der Waals surface area contributed by atoms with Crippen molar-refractivity contribution in [1.29, 1.82) is 0 Å². The third-order valence-corrected chi connectivity index (χ3v) is 4.05. The van der Waals surface area contributed by atoms with Gasteiger partial charge in [-0.05, 0) is 30.3 Å². The van der Waals surface area contributed by atoms with E-state index in [-0.39, 0.29) is 10.6 Å². The van der Waals surface area contributed by atoms with E-state index in [1.54, 1.807) is 12.1 Å². The molecule has 3 rings (SSSR count). The topological polar surface area (TPSA) is 118 Å². The summed E-state index contributed by atoms with van der Waals surface area (Å²) in [5.74, 6) is -0.796. The van der Waals surface area contributed by atoms with Crippen molar-refractivity contribution in [3.8, 4) is 0 Å². The van der Waals surface area contributed by atoms with Crippen LogP contribution in [0.4, 0.5) is 0 Å². The zero-order valence-electron chi connectivity index (χ0n) is 10.5. The van der Waals surface area contributed by atoms with Crippen molar-refractivity contribution < 1.29 is 13.2 Å². The lowest BCUT2D eigenvalue weighted by atomic mass is 10.3. The van der Waals surface area contributed by atoms with Gasteiger partial charge in [-0.15, -0.1) is 0 Å². The summed E-state index contributed by atoms with van der Waals surface area (Å²) < 4.78 is 26.3. The number of fused-ring (bicyclic) bond motifs is 1. The van der Waals surface area contributed by atoms with E-state index in [0.717, 1.165) is 0 Å². The molecular formula is C12H9N5O3S. The molecule has 21 heavy (non-hydrogen) atoms. The van der Waals surface area contributed by atoms with Crippen LogP contribution in [0.2, 0.25) is 0 Å². The summed E-state index contributed by atoms with van der Waals surface area (Å²) in [6.45, 7) is 0. The van der Waals surface area contributed by atoms with Crippen LogP contribution in [-0.4, -0.2) is 34.7 Å². The van der Waals surface area contributed by atoms with Crippen molar-refractivity contribution in [1.82, 2.24) is 25.1 Å². The van der Waals surface area contributed by atoms with Gasteiger partial charge in [0.05, 0.1) is 4.90 Å². The molecule has 0 saturated heterocycles. The summed E-state index contributed by atoms with van der Waals surface area (Å²) in [6.07, 6.45) is 1.41. The second-order valence-corrected chi connectivity index (χ2v) is 5.81. The summed E-state index contributed by atoms with van der Waals surface area (Å²) in [4.78, 5) is 15.6. The van der Waals surface area contributed by atoms with Gasteiger partial charge in [0, 0.05) is 6.20 Å². The number of rotatable bonds is 3. The first-order valence-corrected chi connectivity index (χ1v) is 7.33. The van der Waals surface area contributed by atoms with E-state index in [9.17, 15) is 13.2 Å². The van der Waals surface area contributed by atoms with E-state index in [1.807, 2.05) is 4.72 Å². The number of aromatic nitrogens is 4. The third-order valence-electron chi connectivity index (χ3n) is 2.72. The lowest BCUT2D eigenvalue weighted by Gasteiger charge is -2.06. The SMILES string of the molecule is O=C(NS(=O)(=O)c1ccc2n[nH]nc2c1)c1ccccn1. The van der Waals surface area contributed by atoms with Gasteiger partial charge in [0.2, 0.25) is 0 Å². The molecular weight excluding hydrogens is 294 g/mol. The number of aromatic amines is 1. The van der Waals surface area contributed by atoms with Crippen LogP contribution in [0.1, 0.15) is 10.5 Å². The smallest absolute Gasteiger partial charge is 0.266 e. The zero-order valence-corrected chi connectivity index (χ0v) is 11.3. The Hall–Kier alpha value is -2.81. The maximum atomic E-state index is 12.2. The van der Waals surface area contributed by atoms with Crippen molar-refractivity contribution >= 4 is 27.0 Å². The van der Waals surface area contributed by atoms with Gasteiger partial charge in [0.25, 0.3) is 15.9 Å². The standard InChI is InChI=1S/C12H9N5O3S/c18-12(10-3-1-2-6-13-10)16-21(19,20)8-4-5-9-11(7-8)15-17-14-9/h1-7H,(H,16,18)(H,14,15,17). The van der Waals surface area contributed by atoms with Gasteiger partial charge in [-0.25, -0.2) is 13.1 Å². The first-order valence-electron chi connectivity index (χ1n) is 5.85. The Kier molecular flexibility index (Phi) is 3.10. The molecule has 0 aliphatic heterocycles. The fourth-order valence-electron chi connectivity index (χ4n) is 1.72. The maximum absolute atomic E-state index is 12.2. The minimum atomic E-state index is -4.00. The van der Waals surface area contributed by atoms with E-state index >= 15 is 0 Å². The molecule has 0 atom stereocenters. The van der Waals surface area contributed by atoms with Gasteiger partial charge >= 0.3 is 0 Å². The quantitative estimate of drug-likeness (QED) is 0.726. The summed E-state index contributed by atoms with van der Waals surface area (Å²) in [5.41, 5.74) is 0.941. The number of pyridine rings is 1.